The molecule has 1 saturated carbocycles. The molecule has 0 spiro atoms. The molecule has 3 heteroatoms. The van der Waals surface area contributed by atoms with E-state index in [-0.39, 0.29) is 5.91 Å². The van der Waals surface area contributed by atoms with E-state index in [2.05, 4.69) is 38.1 Å². The summed E-state index contributed by atoms with van der Waals surface area (Å²) in [6.07, 6.45) is 4.94. The number of rotatable bonds is 7. The lowest BCUT2D eigenvalue weighted by Gasteiger charge is -2.32. The van der Waals surface area contributed by atoms with E-state index in [0.29, 0.717) is 12.6 Å². The average Bonchev–Trinajstić information content (AvgIpc) is 3.29. The summed E-state index contributed by atoms with van der Waals surface area (Å²) in [5, 5.41) is 0. The van der Waals surface area contributed by atoms with E-state index in [1.807, 2.05) is 11.8 Å². The quantitative estimate of drug-likeness (QED) is 0.837. The van der Waals surface area contributed by atoms with Crippen molar-refractivity contribution in [2.75, 3.05) is 0 Å². The van der Waals surface area contributed by atoms with Crippen LogP contribution in [0.15, 0.2) is 24.3 Å². The number of amides is 1. The molecule has 0 heterocycles. The Balaban J connectivity index is 2.10. The third-order valence-electron chi connectivity index (χ3n) is 4.29. The fraction of sp³-hybridized carbons (Fsp3) is 0.611. The van der Waals surface area contributed by atoms with Gasteiger partial charge in [0, 0.05) is 12.6 Å². The summed E-state index contributed by atoms with van der Waals surface area (Å²) in [4.78, 5) is 14.8. The number of nitrogens with two attached hydrogens (primary N) is 1. The molecule has 1 atom stereocenters. The lowest BCUT2D eigenvalue weighted by atomic mass is 9.95. The molecule has 0 aromatic heterocycles. The van der Waals surface area contributed by atoms with Crippen molar-refractivity contribution < 1.29 is 4.79 Å². The molecule has 1 amide bonds. The maximum Gasteiger partial charge on any atom is 0.242 e. The van der Waals surface area contributed by atoms with Gasteiger partial charge in [-0.2, -0.15) is 0 Å². The number of carbonyl (C=O) groups is 1. The summed E-state index contributed by atoms with van der Waals surface area (Å²) in [6.45, 7) is 6.78. The smallest absolute Gasteiger partial charge is 0.242 e. The SMILES string of the molecule is CCCC(C)(N)C(=O)N(Cc1ccc(CC)cc1)C1CC1. The van der Waals surface area contributed by atoms with E-state index in [1.165, 1.54) is 11.1 Å². The molecule has 0 saturated heterocycles. The zero-order valence-corrected chi connectivity index (χ0v) is 13.6. The number of hydrogen-bond acceptors (Lipinski definition) is 2. The molecule has 1 aliphatic rings. The predicted octanol–water partition coefficient (Wildman–Crippen LogP) is 3.26. The Morgan fingerprint density at radius 2 is 1.81 bits per heavy atom. The van der Waals surface area contributed by atoms with Gasteiger partial charge in [-0.05, 0) is 43.7 Å². The van der Waals surface area contributed by atoms with Gasteiger partial charge in [-0.25, -0.2) is 0 Å². The molecule has 3 nitrogen and oxygen atoms in total. The van der Waals surface area contributed by atoms with Gasteiger partial charge in [0.1, 0.15) is 0 Å². The number of aryl methyl sites for hydroxylation is 1. The minimum atomic E-state index is -0.735. The summed E-state index contributed by atoms with van der Waals surface area (Å²) in [6, 6.07) is 8.96. The van der Waals surface area contributed by atoms with Crippen LogP contribution in [0.4, 0.5) is 0 Å². The second-order valence-corrected chi connectivity index (χ2v) is 6.50. The lowest BCUT2D eigenvalue weighted by Crippen LogP contribution is -2.53. The third kappa shape index (κ3) is 4.07. The van der Waals surface area contributed by atoms with Crippen LogP contribution in [0.3, 0.4) is 0 Å². The van der Waals surface area contributed by atoms with Crippen LogP contribution in [-0.2, 0) is 17.8 Å². The van der Waals surface area contributed by atoms with Gasteiger partial charge in [0.15, 0.2) is 0 Å². The molecule has 1 unspecified atom stereocenters. The van der Waals surface area contributed by atoms with Crippen molar-refractivity contribution >= 4 is 5.91 Å². The van der Waals surface area contributed by atoms with E-state index in [4.69, 9.17) is 5.73 Å². The van der Waals surface area contributed by atoms with Crippen molar-refractivity contribution in [3.05, 3.63) is 35.4 Å². The fourth-order valence-corrected chi connectivity index (χ4v) is 2.78. The molecule has 1 fully saturated rings. The van der Waals surface area contributed by atoms with Gasteiger partial charge in [-0.15, -0.1) is 0 Å². The van der Waals surface area contributed by atoms with Crippen molar-refractivity contribution in [2.24, 2.45) is 5.73 Å². The Labute approximate surface area is 128 Å². The van der Waals surface area contributed by atoms with Crippen LogP contribution in [-0.4, -0.2) is 22.4 Å². The van der Waals surface area contributed by atoms with Gasteiger partial charge in [-0.3, -0.25) is 4.79 Å². The standard InChI is InChI=1S/C18H28N2O/c1-4-12-18(3,19)17(21)20(16-10-11-16)13-15-8-6-14(5-2)7-9-15/h6-9,16H,4-5,10-13,19H2,1-3H3. The molecule has 1 aromatic rings. The molecule has 0 radical (unpaired) electrons. The van der Waals surface area contributed by atoms with E-state index >= 15 is 0 Å². The minimum absolute atomic E-state index is 0.103. The van der Waals surface area contributed by atoms with Crippen molar-refractivity contribution in [2.45, 2.75) is 71.0 Å². The van der Waals surface area contributed by atoms with E-state index in [0.717, 1.165) is 32.1 Å². The zero-order valence-electron chi connectivity index (χ0n) is 13.6. The summed E-state index contributed by atoms with van der Waals surface area (Å²) < 4.78 is 0. The van der Waals surface area contributed by atoms with Crippen molar-refractivity contribution in [1.82, 2.24) is 4.90 Å². The molecule has 2 N–H and O–H groups in total. The third-order valence-corrected chi connectivity index (χ3v) is 4.29. The zero-order chi connectivity index (χ0) is 15.5. The summed E-state index contributed by atoms with van der Waals surface area (Å²) in [7, 11) is 0. The van der Waals surface area contributed by atoms with Crippen LogP contribution in [0.5, 0.6) is 0 Å². The summed E-state index contributed by atoms with van der Waals surface area (Å²) in [5.41, 5.74) is 8.04. The monoisotopic (exact) mass is 288 g/mol. The average molecular weight is 288 g/mol. The first-order valence-corrected chi connectivity index (χ1v) is 8.15. The van der Waals surface area contributed by atoms with Crippen LogP contribution in [0.2, 0.25) is 0 Å². The van der Waals surface area contributed by atoms with Crippen LogP contribution in [0.1, 0.15) is 57.6 Å². The van der Waals surface area contributed by atoms with Crippen molar-refractivity contribution in [1.29, 1.82) is 0 Å². The molecule has 1 aromatic carbocycles. The molecular formula is C18H28N2O. The normalized spacial score (nSPS) is 17.3. The number of carbonyl (C=O) groups excluding carboxylic acids is 1. The van der Waals surface area contributed by atoms with Gasteiger partial charge in [0.25, 0.3) is 0 Å². The van der Waals surface area contributed by atoms with Crippen LogP contribution in [0, 0.1) is 0 Å². The number of hydrogen-bond donors (Lipinski definition) is 1. The molecule has 1 aliphatic carbocycles. The first-order valence-electron chi connectivity index (χ1n) is 8.15. The topological polar surface area (TPSA) is 46.3 Å². The highest BCUT2D eigenvalue weighted by Crippen LogP contribution is 2.31. The number of nitrogens with zero attached hydrogens (tertiary/aromatic N) is 1. The molecule has 0 aliphatic heterocycles. The Morgan fingerprint density at radius 3 is 2.29 bits per heavy atom. The van der Waals surface area contributed by atoms with E-state index < -0.39 is 5.54 Å². The fourth-order valence-electron chi connectivity index (χ4n) is 2.78. The summed E-state index contributed by atoms with van der Waals surface area (Å²) in [5.74, 6) is 0.103. The molecular weight excluding hydrogens is 260 g/mol. The van der Waals surface area contributed by atoms with Crippen molar-refractivity contribution in [3.63, 3.8) is 0 Å². The largest absolute Gasteiger partial charge is 0.334 e. The minimum Gasteiger partial charge on any atom is -0.334 e. The highest BCUT2D eigenvalue weighted by Gasteiger charge is 2.39. The lowest BCUT2D eigenvalue weighted by molar-refractivity contribution is -0.138. The maximum atomic E-state index is 12.8. The Morgan fingerprint density at radius 1 is 1.24 bits per heavy atom. The van der Waals surface area contributed by atoms with Gasteiger partial charge < -0.3 is 10.6 Å². The summed E-state index contributed by atoms with van der Waals surface area (Å²) >= 11 is 0. The van der Waals surface area contributed by atoms with E-state index in [1.54, 1.807) is 0 Å². The Hall–Kier alpha value is -1.35. The molecule has 0 bridgehead atoms. The van der Waals surface area contributed by atoms with Gasteiger partial charge in [-0.1, -0.05) is 44.5 Å². The molecule has 2 rings (SSSR count). The van der Waals surface area contributed by atoms with Gasteiger partial charge >= 0.3 is 0 Å². The molecule has 116 valence electrons. The second kappa shape index (κ2) is 6.61. The van der Waals surface area contributed by atoms with Crippen LogP contribution < -0.4 is 5.73 Å². The van der Waals surface area contributed by atoms with E-state index in [9.17, 15) is 4.79 Å². The van der Waals surface area contributed by atoms with Crippen molar-refractivity contribution in [3.8, 4) is 0 Å². The predicted molar refractivity (Wildman–Crippen MR) is 86.9 cm³/mol. The van der Waals surface area contributed by atoms with Crippen LogP contribution in [0.25, 0.3) is 0 Å². The first-order chi connectivity index (χ1) is 9.97. The first kappa shape index (κ1) is 16.0. The van der Waals surface area contributed by atoms with Gasteiger partial charge in [0.2, 0.25) is 5.91 Å². The highest BCUT2D eigenvalue weighted by molar-refractivity contribution is 5.86. The molecule has 21 heavy (non-hydrogen) atoms. The maximum absolute atomic E-state index is 12.8. The van der Waals surface area contributed by atoms with Gasteiger partial charge in [0.05, 0.1) is 5.54 Å². The second-order valence-electron chi connectivity index (χ2n) is 6.50. The number of benzene rings is 1. The van der Waals surface area contributed by atoms with Crippen LogP contribution >= 0.6 is 0 Å². The highest BCUT2D eigenvalue weighted by atomic mass is 16.2. The Bertz CT molecular complexity index is 474. The Kier molecular flexibility index (Phi) is 5.04.